The topological polar surface area (TPSA) is 38.1 Å². The van der Waals surface area contributed by atoms with Crippen LogP contribution < -0.4 is 5.32 Å². The van der Waals surface area contributed by atoms with Gasteiger partial charge >= 0.3 is 0 Å². The van der Waals surface area contributed by atoms with Gasteiger partial charge in [0.05, 0.1) is 6.04 Å². The van der Waals surface area contributed by atoms with Crippen molar-refractivity contribution < 1.29 is 8.81 Å². The summed E-state index contributed by atoms with van der Waals surface area (Å²) in [6.45, 7) is 3.22. The molecule has 0 amide bonds. The molecule has 2 heterocycles. The summed E-state index contributed by atoms with van der Waals surface area (Å²) in [6, 6.07) is 4.61. The van der Waals surface area contributed by atoms with Crippen molar-refractivity contribution in [2.24, 2.45) is 5.92 Å². The number of oxazole rings is 1. The Labute approximate surface area is 99.0 Å². The van der Waals surface area contributed by atoms with E-state index in [1.54, 1.807) is 6.07 Å². The molecule has 0 saturated carbocycles. The standard InChI is InChI=1S/C13H15FN2O/c1-8-4-5-15-11(6-8)13-16-10-3-2-9(14)7-12(10)17-13/h2-3,7-8,11,15H,4-6H2,1H3. The van der Waals surface area contributed by atoms with E-state index in [4.69, 9.17) is 4.42 Å². The van der Waals surface area contributed by atoms with Gasteiger partial charge in [-0.15, -0.1) is 0 Å². The van der Waals surface area contributed by atoms with E-state index in [2.05, 4.69) is 17.2 Å². The minimum atomic E-state index is -0.287. The van der Waals surface area contributed by atoms with Crippen molar-refractivity contribution in [3.05, 3.63) is 29.9 Å². The summed E-state index contributed by atoms with van der Waals surface area (Å²) < 4.78 is 18.7. The Morgan fingerprint density at radius 1 is 1.47 bits per heavy atom. The van der Waals surface area contributed by atoms with Gasteiger partial charge in [-0.25, -0.2) is 9.37 Å². The third-order valence-corrected chi connectivity index (χ3v) is 3.33. The highest BCUT2D eigenvalue weighted by atomic mass is 19.1. The summed E-state index contributed by atoms with van der Waals surface area (Å²) in [5.41, 5.74) is 1.25. The number of nitrogens with one attached hydrogen (secondary N) is 1. The van der Waals surface area contributed by atoms with Crippen LogP contribution in [0.2, 0.25) is 0 Å². The monoisotopic (exact) mass is 234 g/mol. The van der Waals surface area contributed by atoms with Crippen molar-refractivity contribution in [1.29, 1.82) is 0 Å². The van der Waals surface area contributed by atoms with E-state index in [1.165, 1.54) is 18.6 Å². The van der Waals surface area contributed by atoms with E-state index < -0.39 is 0 Å². The van der Waals surface area contributed by atoms with E-state index in [-0.39, 0.29) is 11.9 Å². The molecule has 0 aliphatic carbocycles. The second-order valence-electron chi connectivity index (χ2n) is 4.80. The van der Waals surface area contributed by atoms with Gasteiger partial charge in [0.2, 0.25) is 5.89 Å². The maximum atomic E-state index is 13.0. The molecule has 2 atom stereocenters. The van der Waals surface area contributed by atoms with Crippen LogP contribution in [0.15, 0.2) is 22.6 Å². The van der Waals surface area contributed by atoms with Gasteiger partial charge in [-0.2, -0.15) is 0 Å². The second kappa shape index (κ2) is 4.11. The number of aromatic nitrogens is 1. The molecule has 1 N–H and O–H groups in total. The number of rotatable bonds is 1. The van der Waals surface area contributed by atoms with Crippen LogP contribution in [0.1, 0.15) is 31.7 Å². The molecule has 4 heteroatoms. The number of hydrogen-bond donors (Lipinski definition) is 1. The summed E-state index contributed by atoms with van der Waals surface area (Å²) >= 11 is 0. The molecule has 3 nitrogen and oxygen atoms in total. The first-order valence-electron chi connectivity index (χ1n) is 6.02. The van der Waals surface area contributed by atoms with Crippen molar-refractivity contribution in [1.82, 2.24) is 10.3 Å². The fourth-order valence-corrected chi connectivity index (χ4v) is 2.36. The first-order chi connectivity index (χ1) is 8.22. The summed E-state index contributed by atoms with van der Waals surface area (Å²) in [5, 5.41) is 3.39. The van der Waals surface area contributed by atoms with Crippen LogP contribution in [0, 0.1) is 11.7 Å². The van der Waals surface area contributed by atoms with Gasteiger partial charge in [-0.3, -0.25) is 0 Å². The van der Waals surface area contributed by atoms with Crippen LogP contribution in [0.4, 0.5) is 4.39 Å². The molecule has 1 aliphatic rings. The van der Waals surface area contributed by atoms with Gasteiger partial charge in [-0.05, 0) is 37.4 Å². The Morgan fingerprint density at radius 3 is 3.18 bits per heavy atom. The zero-order valence-electron chi connectivity index (χ0n) is 9.74. The Bertz CT molecular complexity index is 537. The zero-order valence-corrected chi connectivity index (χ0v) is 9.74. The van der Waals surface area contributed by atoms with Crippen molar-refractivity contribution >= 4 is 11.1 Å². The lowest BCUT2D eigenvalue weighted by Crippen LogP contribution is -2.30. The maximum absolute atomic E-state index is 13.0. The van der Waals surface area contributed by atoms with E-state index in [9.17, 15) is 4.39 Å². The highest BCUT2D eigenvalue weighted by Gasteiger charge is 2.24. The molecule has 0 bridgehead atoms. The van der Waals surface area contributed by atoms with Crippen LogP contribution in [-0.4, -0.2) is 11.5 Å². The second-order valence-corrected chi connectivity index (χ2v) is 4.80. The average molecular weight is 234 g/mol. The Hall–Kier alpha value is -1.42. The third-order valence-electron chi connectivity index (χ3n) is 3.33. The lowest BCUT2D eigenvalue weighted by molar-refractivity contribution is 0.287. The number of halogens is 1. The molecule has 1 aromatic carbocycles. The fraction of sp³-hybridized carbons (Fsp3) is 0.462. The van der Waals surface area contributed by atoms with Crippen molar-refractivity contribution in [2.75, 3.05) is 6.54 Å². The van der Waals surface area contributed by atoms with E-state index in [0.29, 0.717) is 17.4 Å². The smallest absolute Gasteiger partial charge is 0.212 e. The lowest BCUT2D eigenvalue weighted by atomic mass is 9.94. The minimum absolute atomic E-state index is 0.161. The van der Waals surface area contributed by atoms with Crippen molar-refractivity contribution in [3.63, 3.8) is 0 Å². The minimum Gasteiger partial charge on any atom is -0.439 e. The van der Waals surface area contributed by atoms with Gasteiger partial charge in [-0.1, -0.05) is 6.92 Å². The largest absolute Gasteiger partial charge is 0.439 e. The van der Waals surface area contributed by atoms with Crippen molar-refractivity contribution in [2.45, 2.75) is 25.8 Å². The number of benzene rings is 1. The predicted molar refractivity (Wildman–Crippen MR) is 63.1 cm³/mol. The first kappa shape index (κ1) is 10.7. The molecular formula is C13H15FN2O. The summed E-state index contributed by atoms with van der Waals surface area (Å²) in [6.07, 6.45) is 2.21. The molecule has 0 spiro atoms. The number of nitrogens with zero attached hydrogens (tertiary/aromatic N) is 1. The van der Waals surface area contributed by atoms with E-state index in [1.807, 2.05) is 0 Å². The maximum Gasteiger partial charge on any atom is 0.212 e. The normalized spacial score (nSPS) is 25.3. The molecular weight excluding hydrogens is 219 g/mol. The predicted octanol–water partition coefficient (Wildman–Crippen LogP) is 3.03. The van der Waals surface area contributed by atoms with Crippen LogP contribution in [0.3, 0.4) is 0 Å². The van der Waals surface area contributed by atoms with Gasteiger partial charge < -0.3 is 9.73 Å². The molecule has 1 saturated heterocycles. The highest BCUT2D eigenvalue weighted by Crippen LogP contribution is 2.28. The molecule has 1 fully saturated rings. The van der Waals surface area contributed by atoms with Gasteiger partial charge in [0.1, 0.15) is 11.3 Å². The van der Waals surface area contributed by atoms with Crippen LogP contribution in [-0.2, 0) is 0 Å². The van der Waals surface area contributed by atoms with Crippen LogP contribution in [0.25, 0.3) is 11.1 Å². The molecule has 1 aliphatic heterocycles. The molecule has 90 valence electrons. The Kier molecular flexibility index (Phi) is 2.59. The molecule has 0 radical (unpaired) electrons. The van der Waals surface area contributed by atoms with Gasteiger partial charge in [0.15, 0.2) is 5.58 Å². The number of piperidine rings is 1. The quantitative estimate of drug-likeness (QED) is 0.824. The summed E-state index contributed by atoms with van der Waals surface area (Å²) in [5.74, 6) is 1.07. The zero-order chi connectivity index (χ0) is 11.8. The Balaban J connectivity index is 1.94. The molecule has 2 unspecified atom stereocenters. The van der Waals surface area contributed by atoms with Gasteiger partial charge in [0.25, 0.3) is 0 Å². The van der Waals surface area contributed by atoms with Crippen LogP contribution in [0.5, 0.6) is 0 Å². The average Bonchev–Trinajstić information content (AvgIpc) is 2.72. The highest BCUT2D eigenvalue weighted by molar-refractivity contribution is 5.72. The SMILES string of the molecule is CC1CCNC(c2nc3ccc(F)cc3o2)C1. The Morgan fingerprint density at radius 2 is 2.35 bits per heavy atom. The molecule has 3 rings (SSSR count). The lowest BCUT2D eigenvalue weighted by Gasteiger charge is -2.25. The number of hydrogen-bond acceptors (Lipinski definition) is 3. The van der Waals surface area contributed by atoms with Crippen molar-refractivity contribution in [3.8, 4) is 0 Å². The molecule has 2 aromatic rings. The third kappa shape index (κ3) is 2.05. The first-order valence-corrected chi connectivity index (χ1v) is 6.02. The molecule has 17 heavy (non-hydrogen) atoms. The van der Waals surface area contributed by atoms with Gasteiger partial charge in [0, 0.05) is 6.07 Å². The van der Waals surface area contributed by atoms with Crippen LogP contribution >= 0.6 is 0 Å². The summed E-state index contributed by atoms with van der Waals surface area (Å²) in [4.78, 5) is 4.42. The molecule has 1 aromatic heterocycles. The fourth-order valence-electron chi connectivity index (χ4n) is 2.36. The van der Waals surface area contributed by atoms with E-state index >= 15 is 0 Å². The van der Waals surface area contributed by atoms with E-state index in [0.717, 1.165) is 18.5 Å². The number of fused-ring (bicyclic) bond motifs is 1. The summed E-state index contributed by atoms with van der Waals surface area (Å²) in [7, 11) is 0.